The second-order valence-electron chi connectivity index (χ2n) is 4.44. The summed E-state index contributed by atoms with van der Waals surface area (Å²) in [6.45, 7) is 5.14. The van der Waals surface area contributed by atoms with E-state index in [0.29, 0.717) is 24.1 Å². The molecule has 1 fully saturated rings. The summed E-state index contributed by atoms with van der Waals surface area (Å²) in [5, 5.41) is 19.0. The summed E-state index contributed by atoms with van der Waals surface area (Å²) in [5.74, 6) is -1.25. The van der Waals surface area contributed by atoms with Crippen LogP contribution in [0.5, 0.6) is 0 Å². The number of carboxylic acids is 2. The predicted molar refractivity (Wildman–Crippen MR) is 80.5 cm³/mol. The van der Waals surface area contributed by atoms with Crippen LogP contribution in [0.15, 0.2) is 24.4 Å². The van der Waals surface area contributed by atoms with Gasteiger partial charge in [0.1, 0.15) is 5.82 Å². The number of anilines is 2. The molecule has 1 aromatic heterocycles. The number of nitrogens with one attached hydrogen (secondary N) is 1. The molecule has 2 heterocycles. The van der Waals surface area contributed by atoms with E-state index in [-0.39, 0.29) is 0 Å². The van der Waals surface area contributed by atoms with Gasteiger partial charge in [-0.3, -0.25) is 0 Å². The normalized spacial score (nSPS) is 14.1. The summed E-state index contributed by atoms with van der Waals surface area (Å²) in [4.78, 5) is 29.3. The Morgan fingerprint density at radius 2 is 2.00 bits per heavy atom. The summed E-state index contributed by atoms with van der Waals surface area (Å²) in [7, 11) is 0. The van der Waals surface area contributed by atoms with Crippen LogP contribution >= 0.6 is 0 Å². The van der Waals surface area contributed by atoms with Gasteiger partial charge in [0, 0.05) is 37.5 Å². The van der Waals surface area contributed by atoms with Crippen molar-refractivity contribution in [3.05, 3.63) is 24.4 Å². The van der Waals surface area contributed by atoms with Gasteiger partial charge in [-0.25, -0.2) is 14.6 Å². The van der Waals surface area contributed by atoms with E-state index in [9.17, 15) is 9.59 Å². The Kier molecular flexibility index (Phi) is 6.77. The molecule has 1 aliphatic rings. The first-order valence-corrected chi connectivity index (χ1v) is 6.63. The first kappa shape index (κ1) is 17.4. The quantitative estimate of drug-likeness (QED) is 0.533. The Morgan fingerprint density at radius 1 is 1.41 bits per heavy atom. The Balaban J connectivity index is 0.000000261. The number of aliphatic carboxylic acids is 2. The molecule has 1 aromatic rings. The van der Waals surface area contributed by atoms with Gasteiger partial charge in [0.05, 0.1) is 0 Å². The van der Waals surface area contributed by atoms with Gasteiger partial charge in [0.25, 0.3) is 0 Å². The first-order chi connectivity index (χ1) is 10.4. The van der Waals surface area contributed by atoms with Crippen LogP contribution in [0.2, 0.25) is 0 Å². The number of likely N-dealkylation sites (N-methyl/N-ethyl adjacent to an activating group) is 1. The summed E-state index contributed by atoms with van der Waals surface area (Å²) < 4.78 is 0. The fourth-order valence-corrected chi connectivity index (χ4v) is 1.77. The van der Waals surface area contributed by atoms with Gasteiger partial charge in [-0.1, -0.05) is 6.92 Å². The zero-order valence-corrected chi connectivity index (χ0v) is 12.1. The van der Waals surface area contributed by atoms with Gasteiger partial charge in [-0.05, 0) is 12.6 Å². The molecule has 1 saturated heterocycles. The third kappa shape index (κ3) is 6.18. The van der Waals surface area contributed by atoms with Gasteiger partial charge in [0.2, 0.25) is 5.95 Å². The van der Waals surface area contributed by atoms with Crippen LogP contribution in [0.4, 0.5) is 11.8 Å². The Hall–Kier alpha value is -2.68. The fraction of sp³-hybridized carbons (Fsp3) is 0.385. The molecule has 22 heavy (non-hydrogen) atoms. The second kappa shape index (κ2) is 8.57. The highest BCUT2D eigenvalue weighted by molar-refractivity contribution is 5.89. The lowest BCUT2D eigenvalue weighted by molar-refractivity contribution is -0.134. The first-order valence-electron chi connectivity index (χ1n) is 6.63. The van der Waals surface area contributed by atoms with E-state index in [2.05, 4.69) is 27.1 Å². The van der Waals surface area contributed by atoms with Crippen molar-refractivity contribution in [2.45, 2.75) is 13.0 Å². The SMILES string of the molecule is CCNC1CN(c2ccnc(N)n2)C1.O=C(O)/C=C/C(=O)O. The lowest BCUT2D eigenvalue weighted by atomic mass is 10.1. The molecule has 5 N–H and O–H groups in total. The molecule has 0 saturated carbocycles. The minimum Gasteiger partial charge on any atom is -0.478 e. The number of hydrogen-bond acceptors (Lipinski definition) is 7. The molecule has 2 rings (SSSR count). The highest BCUT2D eigenvalue weighted by Gasteiger charge is 2.26. The lowest BCUT2D eigenvalue weighted by Crippen LogP contribution is -2.58. The number of carboxylic acid groups (broad SMARTS) is 2. The molecule has 9 nitrogen and oxygen atoms in total. The summed E-state index contributed by atoms with van der Waals surface area (Å²) in [6, 6.07) is 2.48. The average molecular weight is 309 g/mol. The maximum atomic E-state index is 9.55. The van der Waals surface area contributed by atoms with Crippen LogP contribution in [0.1, 0.15) is 6.92 Å². The summed E-state index contributed by atoms with van der Waals surface area (Å²) >= 11 is 0. The Labute approximate surface area is 127 Å². The molecule has 120 valence electrons. The molecule has 0 aliphatic carbocycles. The van der Waals surface area contributed by atoms with Crippen LogP contribution < -0.4 is 16.0 Å². The largest absolute Gasteiger partial charge is 0.478 e. The van der Waals surface area contributed by atoms with Crippen LogP contribution in [0.3, 0.4) is 0 Å². The van der Waals surface area contributed by atoms with E-state index >= 15 is 0 Å². The van der Waals surface area contributed by atoms with Crippen molar-refractivity contribution in [3.8, 4) is 0 Å². The molecule has 0 radical (unpaired) electrons. The van der Waals surface area contributed by atoms with Crippen molar-refractivity contribution in [1.29, 1.82) is 0 Å². The van der Waals surface area contributed by atoms with E-state index in [1.54, 1.807) is 6.20 Å². The number of hydrogen-bond donors (Lipinski definition) is 4. The van der Waals surface area contributed by atoms with Gasteiger partial charge in [-0.2, -0.15) is 4.98 Å². The Morgan fingerprint density at radius 3 is 2.45 bits per heavy atom. The van der Waals surface area contributed by atoms with Crippen molar-refractivity contribution in [2.24, 2.45) is 0 Å². The van der Waals surface area contributed by atoms with Crippen LogP contribution in [0.25, 0.3) is 0 Å². The number of nitrogens with two attached hydrogens (primary N) is 1. The molecule has 0 spiro atoms. The molecular weight excluding hydrogens is 290 g/mol. The van der Waals surface area contributed by atoms with Crippen LogP contribution in [0, 0.1) is 0 Å². The minimum atomic E-state index is -1.26. The van der Waals surface area contributed by atoms with Crippen molar-refractivity contribution in [1.82, 2.24) is 15.3 Å². The maximum Gasteiger partial charge on any atom is 0.328 e. The van der Waals surface area contributed by atoms with Crippen molar-refractivity contribution in [2.75, 3.05) is 30.3 Å². The monoisotopic (exact) mass is 309 g/mol. The maximum absolute atomic E-state index is 9.55. The summed E-state index contributed by atoms with van der Waals surface area (Å²) in [6.07, 6.45) is 2.81. The molecular formula is C13H19N5O4. The van der Waals surface area contributed by atoms with E-state index in [1.807, 2.05) is 6.07 Å². The van der Waals surface area contributed by atoms with Crippen molar-refractivity contribution < 1.29 is 19.8 Å². The van der Waals surface area contributed by atoms with E-state index in [4.69, 9.17) is 15.9 Å². The van der Waals surface area contributed by atoms with E-state index < -0.39 is 11.9 Å². The molecule has 9 heteroatoms. The summed E-state index contributed by atoms with van der Waals surface area (Å²) in [5.41, 5.74) is 5.50. The third-order valence-corrected chi connectivity index (χ3v) is 2.73. The number of rotatable bonds is 5. The average Bonchev–Trinajstić information content (AvgIpc) is 2.41. The molecule has 0 unspecified atom stereocenters. The smallest absolute Gasteiger partial charge is 0.328 e. The standard InChI is InChI=1S/C9H15N5.C4H4O4/c1-2-11-7-5-14(6-7)8-3-4-12-9(10)13-8;5-3(6)1-2-4(7)8/h3-4,7,11H,2,5-6H2,1H3,(H2,10,12,13);1-2H,(H,5,6)(H,7,8)/b;2-1+. The molecule has 0 amide bonds. The van der Waals surface area contributed by atoms with Gasteiger partial charge in [-0.15, -0.1) is 0 Å². The Bertz CT molecular complexity index is 527. The number of nitrogens with zero attached hydrogens (tertiary/aromatic N) is 3. The van der Waals surface area contributed by atoms with Crippen LogP contribution in [-0.4, -0.2) is 57.8 Å². The molecule has 0 bridgehead atoms. The van der Waals surface area contributed by atoms with Crippen LogP contribution in [-0.2, 0) is 9.59 Å². The van der Waals surface area contributed by atoms with Crippen molar-refractivity contribution >= 4 is 23.7 Å². The minimum absolute atomic E-state index is 0.342. The highest BCUT2D eigenvalue weighted by Crippen LogP contribution is 2.17. The van der Waals surface area contributed by atoms with Crippen molar-refractivity contribution in [3.63, 3.8) is 0 Å². The third-order valence-electron chi connectivity index (χ3n) is 2.73. The number of carbonyl (C=O) groups is 2. The molecule has 1 aliphatic heterocycles. The van der Waals surface area contributed by atoms with E-state index in [0.717, 1.165) is 25.5 Å². The number of nitrogen functional groups attached to an aromatic ring is 1. The highest BCUT2D eigenvalue weighted by atomic mass is 16.4. The number of aromatic nitrogens is 2. The zero-order valence-electron chi connectivity index (χ0n) is 12.1. The predicted octanol–water partition coefficient (Wildman–Crippen LogP) is -0.431. The van der Waals surface area contributed by atoms with Gasteiger partial charge in [0.15, 0.2) is 0 Å². The van der Waals surface area contributed by atoms with Gasteiger partial charge < -0.3 is 26.2 Å². The second-order valence-corrected chi connectivity index (χ2v) is 4.44. The van der Waals surface area contributed by atoms with E-state index in [1.165, 1.54) is 0 Å². The fourth-order valence-electron chi connectivity index (χ4n) is 1.77. The lowest BCUT2D eigenvalue weighted by Gasteiger charge is -2.40. The topological polar surface area (TPSA) is 142 Å². The molecule has 0 aromatic carbocycles. The molecule has 0 atom stereocenters. The van der Waals surface area contributed by atoms with Gasteiger partial charge >= 0.3 is 11.9 Å². The zero-order chi connectivity index (χ0) is 16.5.